The van der Waals surface area contributed by atoms with Gasteiger partial charge in [0.05, 0.1) is 6.61 Å². The second kappa shape index (κ2) is 5.29. The van der Waals surface area contributed by atoms with E-state index in [1.54, 1.807) is 6.92 Å². The van der Waals surface area contributed by atoms with E-state index < -0.39 is 5.97 Å². The molecule has 0 radical (unpaired) electrons. The quantitative estimate of drug-likeness (QED) is 0.756. The monoisotopic (exact) mass is 240 g/mol. The summed E-state index contributed by atoms with van der Waals surface area (Å²) in [5.41, 5.74) is 0.165. The van der Waals surface area contributed by atoms with Crippen molar-refractivity contribution in [3.05, 3.63) is 11.7 Å². The fourth-order valence-corrected chi connectivity index (χ4v) is 1.18. The Morgan fingerprint density at radius 1 is 1.47 bits per heavy atom. The highest BCUT2D eigenvalue weighted by Gasteiger charge is 2.24. The molecule has 17 heavy (non-hydrogen) atoms. The van der Waals surface area contributed by atoms with Crippen molar-refractivity contribution >= 4 is 5.97 Å². The number of rotatable bonds is 4. The van der Waals surface area contributed by atoms with Gasteiger partial charge in [0.1, 0.15) is 0 Å². The fraction of sp³-hybridized carbons (Fsp3) is 0.750. The Morgan fingerprint density at radius 2 is 2.12 bits per heavy atom. The lowest BCUT2D eigenvalue weighted by atomic mass is 9.80. The SMILES string of the molecule is CCOC(=O)c1noc(CC(C)C(C)(C)C)n1. The van der Waals surface area contributed by atoms with Gasteiger partial charge in [0.2, 0.25) is 5.89 Å². The minimum absolute atomic E-state index is 0.00274. The van der Waals surface area contributed by atoms with Crippen LogP contribution in [0.25, 0.3) is 0 Å². The number of carbonyl (C=O) groups excluding carboxylic acids is 1. The lowest BCUT2D eigenvalue weighted by Crippen LogP contribution is -2.19. The van der Waals surface area contributed by atoms with Crippen molar-refractivity contribution in [2.75, 3.05) is 6.61 Å². The summed E-state index contributed by atoms with van der Waals surface area (Å²) in [5, 5.41) is 3.61. The highest BCUT2D eigenvalue weighted by atomic mass is 16.5. The molecular weight excluding hydrogens is 220 g/mol. The minimum atomic E-state index is -0.536. The summed E-state index contributed by atoms with van der Waals surface area (Å²) in [6.07, 6.45) is 0.663. The van der Waals surface area contributed by atoms with E-state index in [1.807, 2.05) is 0 Å². The van der Waals surface area contributed by atoms with Crippen molar-refractivity contribution in [3.8, 4) is 0 Å². The first-order valence-electron chi connectivity index (χ1n) is 5.84. The van der Waals surface area contributed by atoms with E-state index in [-0.39, 0.29) is 11.2 Å². The largest absolute Gasteiger partial charge is 0.460 e. The molecule has 0 N–H and O–H groups in total. The Morgan fingerprint density at radius 3 is 2.65 bits per heavy atom. The smallest absolute Gasteiger partial charge is 0.379 e. The van der Waals surface area contributed by atoms with Gasteiger partial charge in [0.25, 0.3) is 5.82 Å². The summed E-state index contributed by atoms with van der Waals surface area (Å²) in [4.78, 5) is 15.4. The summed E-state index contributed by atoms with van der Waals surface area (Å²) in [6.45, 7) is 10.6. The lowest BCUT2D eigenvalue weighted by Gasteiger charge is -2.25. The second-order valence-electron chi connectivity index (χ2n) is 5.20. The summed E-state index contributed by atoms with van der Waals surface area (Å²) in [6, 6.07) is 0. The third-order valence-electron chi connectivity index (χ3n) is 2.89. The van der Waals surface area contributed by atoms with Crippen LogP contribution in [0, 0.1) is 11.3 Å². The maximum absolute atomic E-state index is 11.3. The van der Waals surface area contributed by atoms with E-state index in [4.69, 9.17) is 9.26 Å². The molecular formula is C12H20N2O3. The van der Waals surface area contributed by atoms with Crippen molar-refractivity contribution in [1.29, 1.82) is 0 Å². The first-order chi connectivity index (χ1) is 7.84. The van der Waals surface area contributed by atoms with Crippen LogP contribution >= 0.6 is 0 Å². The van der Waals surface area contributed by atoms with Crippen LogP contribution in [0.1, 0.15) is 51.1 Å². The molecule has 96 valence electrons. The van der Waals surface area contributed by atoms with Gasteiger partial charge in [-0.2, -0.15) is 4.98 Å². The number of carbonyl (C=O) groups is 1. The molecule has 0 fully saturated rings. The predicted octanol–water partition coefficient (Wildman–Crippen LogP) is 2.47. The number of hydrogen-bond donors (Lipinski definition) is 0. The average molecular weight is 240 g/mol. The van der Waals surface area contributed by atoms with Gasteiger partial charge in [-0.3, -0.25) is 0 Å². The van der Waals surface area contributed by atoms with Gasteiger partial charge in [-0.1, -0.05) is 27.7 Å². The molecule has 5 heteroatoms. The molecule has 1 atom stereocenters. The molecule has 1 aromatic rings. The molecule has 0 saturated heterocycles. The van der Waals surface area contributed by atoms with Crippen molar-refractivity contribution in [2.24, 2.45) is 11.3 Å². The zero-order valence-corrected chi connectivity index (χ0v) is 11.1. The fourth-order valence-electron chi connectivity index (χ4n) is 1.18. The highest BCUT2D eigenvalue weighted by molar-refractivity contribution is 5.84. The van der Waals surface area contributed by atoms with Gasteiger partial charge in [-0.15, -0.1) is 0 Å². The van der Waals surface area contributed by atoms with Crippen LogP contribution < -0.4 is 0 Å². The molecule has 0 aliphatic carbocycles. The number of hydrogen-bond acceptors (Lipinski definition) is 5. The van der Waals surface area contributed by atoms with Gasteiger partial charge in [-0.25, -0.2) is 4.79 Å². The Hall–Kier alpha value is -1.39. The molecule has 0 spiro atoms. The summed E-state index contributed by atoms with van der Waals surface area (Å²) in [5.74, 6) is 0.336. The minimum Gasteiger partial charge on any atom is -0.460 e. The lowest BCUT2D eigenvalue weighted by molar-refractivity contribution is 0.0508. The van der Waals surface area contributed by atoms with Crippen LogP contribution in [0.4, 0.5) is 0 Å². The van der Waals surface area contributed by atoms with Gasteiger partial charge in [-0.05, 0) is 23.4 Å². The predicted molar refractivity (Wildman–Crippen MR) is 62.6 cm³/mol. The number of nitrogens with zero attached hydrogens (tertiary/aromatic N) is 2. The van der Waals surface area contributed by atoms with Gasteiger partial charge in [0.15, 0.2) is 0 Å². The number of aromatic nitrogens is 2. The Kier molecular flexibility index (Phi) is 4.26. The maximum Gasteiger partial charge on any atom is 0.379 e. The summed E-state index contributed by atoms with van der Waals surface area (Å²) in [7, 11) is 0. The number of ether oxygens (including phenoxy) is 1. The van der Waals surface area contributed by atoms with Crippen LogP contribution in [0.2, 0.25) is 0 Å². The molecule has 1 unspecified atom stereocenters. The first-order valence-corrected chi connectivity index (χ1v) is 5.84. The third-order valence-corrected chi connectivity index (χ3v) is 2.89. The molecule has 1 rings (SSSR count). The summed E-state index contributed by atoms with van der Waals surface area (Å²) < 4.78 is 9.83. The van der Waals surface area contributed by atoms with Crippen LogP contribution in [0.5, 0.6) is 0 Å². The van der Waals surface area contributed by atoms with E-state index in [0.717, 1.165) is 0 Å². The average Bonchev–Trinajstić information content (AvgIpc) is 2.65. The van der Waals surface area contributed by atoms with Crippen molar-refractivity contribution in [2.45, 2.75) is 41.0 Å². The Balaban J connectivity index is 2.66. The standard InChI is InChI=1S/C12H20N2O3/c1-6-16-11(15)10-13-9(17-14-10)7-8(2)12(3,4)5/h8H,6-7H2,1-5H3. The Labute approximate surface area is 102 Å². The molecule has 0 aliphatic rings. The molecule has 1 heterocycles. The van der Waals surface area contributed by atoms with E-state index in [9.17, 15) is 4.79 Å². The molecule has 0 bridgehead atoms. The summed E-state index contributed by atoms with van der Waals surface area (Å²) >= 11 is 0. The molecule has 0 aromatic carbocycles. The zero-order chi connectivity index (χ0) is 13.1. The Bertz CT molecular complexity index is 379. The van der Waals surface area contributed by atoms with E-state index in [0.29, 0.717) is 24.8 Å². The van der Waals surface area contributed by atoms with Gasteiger partial charge < -0.3 is 9.26 Å². The van der Waals surface area contributed by atoms with Gasteiger partial charge in [0, 0.05) is 6.42 Å². The molecule has 0 saturated carbocycles. The van der Waals surface area contributed by atoms with Crippen molar-refractivity contribution < 1.29 is 14.1 Å². The molecule has 1 aromatic heterocycles. The molecule has 0 amide bonds. The van der Waals surface area contributed by atoms with Crippen LogP contribution in [-0.4, -0.2) is 22.7 Å². The second-order valence-corrected chi connectivity index (χ2v) is 5.20. The van der Waals surface area contributed by atoms with Crippen molar-refractivity contribution in [1.82, 2.24) is 10.1 Å². The molecule has 0 aliphatic heterocycles. The maximum atomic E-state index is 11.3. The first kappa shape index (κ1) is 13.7. The van der Waals surface area contributed by atoms with E-state index in [1.165, 1.54) is 0 Å². The number of esters is 1. The van der Waals surface area contributed by atoms with Crippen LogP contribution in [0.15, 0.2) is 4.52 Å². The van der Waals surface area contributed by atoms with Crippen LogP contribution in [0.3, 0.4) is 0 Å². The van der Waals surface area contributed by atoms with E-state index in [2.05, 4.69) is 37.8 Å². The van der Waals surface area contributed by atoms with E-state index >= 15 is 0 Å². The normalized spacial score (nSPS) is 13.5. The molecule has 5 nitrogen and oxygen atoms in total. The zero-order valence-electron chi connectivity index (χ0n) is 11.1. The van der Waals surface area contributed by atoms with Crippen molar-refractivity contribution in [3.63, 3.8) is 0 Å². The third kappa shape index (κ3) is 3.84. The topological polar surface area (TPSA) is 65.2 Å². The van der Waals surface area contributed by atoms with Crippen LogP contribution in [-0.2, 0) is 11.2 Å². The highest BCUT2D eigenvalue weighted by Crippen LogP contribution is 2.27. The van der Waals surface area contributed by atoms with Gasteiger partial charge >= 0.3 is 5.97 Å².